The number of alkyl halides is 2. The van der Waals surface area contributed by atoms with Crippen LogP contribution in [0.3, 0.4) is 0 Å². The van der Waals surface area contributed by atoms with Crippen LogP contribution in [0.1, 0.15) is 41.9 Å². The SMILES string of the molecule is COc1cc(CN(C)C(=O)C(CCN2CCC3(CC2)OC(=O)N(C)c2ccc(F)cc23)c2ccc(Cl)c(Cl)c2)ccc1OC(F)F. The lowest BCUT2D eigenvalue weighted by Gasteiger charge is -2.46. The lowest BCUT2D eigenvalue weighted by molar-refractivity contribution is -0.132. The Bertz CT molecular complexity index is 1600. The van der Waals surface area contributed by atoms with Crippen molar-refractivity contribution in [3.8, 4) is 11.5 Å². The summed E-state index contributed by atoms with van der Waals surface area (Å²) in [5, 5.41) is 0.697. The Morgan fingerprint density at radius 2 is 1.78 bits per heavy atom. The molecule has 0 bridgehead atoms. The summed E-state index contributed by atoms with van der Waals surface area (Å²) in [5.74, 6) is -1.11. The van der Waals surface area contributed by atoms with Crippen molar-refractivity contribution >= 4 is 40.9 Å². The Kier molecular flexibility index (Phi) is 10.2. The second-order valence-electron chi connectivity index (χ2n) is 11.5. The van der Waals surface area contributed by atoms with Gasteiger partial charge in [0.1, 0.15) is 11.4 Å². The normalized spacial score (nSPS) is 16.6. The molecule has 1 fully saturated rings. The van der Waals surface area contributed by atoms with Gasteiger partial charge < -0.3 is 24.0 Å². The van der Waals surface area contributed by atoms with Gasteiger partial charge in [0.2, 0.25) is 5.91 Å². The molecule has 0 aromatic heterocycles. The number of nitrogens with zero attached hydrogens (tertiary/aromatic N) is 3. The summed E-state index contributed by atoms with van der Waals surface area (Å²) in [6.45, 7) is -1.13. The van der Waals surface area contributed by atoms with Crippen molar-refractivity contribution in [3.63, 3.8) is 0 Å². The van der Waals surface area contributed by atoms with E-state index in [1.807, 2.05) is 0 Å². The lowest BCUT2D eigenvalue weighted by Crippen LogP contribution is -2.51. The number of rotatable bonds is 10. The van der Waals surface area contributed by atoms with Crippen molar-refractivity contribution in [1.82, 2.24) is 9.80 Å². The number of halogens is 5. The first-order valence-electron chi connectivity index (χ1n) is 14.7. The summed E-state index contributed by atoms with van der Waals surface area (Å²) in [5.41, 5.74) is 1.73. The smallest absolute Gasteiger partial charge is 0.414 e. The third-order valence-corrected chi connectivity index (χ3v) is 9.39. The molecular weight excluding hydrogens is 646 g/mol. The van der Waals surface area contributed by atoms with E-state index >= 15 is 0 Å². The maximum absolute atomic E-state index is 14.3. The van der Waals surface area contributed by atoms with Gasteiger partial charge in [0.15, 0.2) is 11.5 Å². The second-order valence-corrected chi connectivity index (χ2v) is 12.3. The fraction of sp³-hybridized carbons (Fsp3) is 0.394. The fourth-order valence-electron chi connectivity index (χ4n) is 6.16. The number of ether oxygens (including phenoxy) is 3. The number of benzene rings is 3. The molecule has 1 spiro atoms. The number of likely N-dealkylation sites (N-methyl/N-ethyl adjacent to an activating group) is 1. The summed E-state index contributed by atoms with van der Waals surface area (Å²) in [6.07, 6.45) is 0.921. The van der Waals surface area contributed by atoms with Crippen LogP contribution in [0.2, 0.25) is 10.0 Å². The van der Waals surface area contributed by atoms with Crippen LogP contribution in [0.5, 0.6) is 11.5 Å². The molecule has 3 aromatic carbocycles. The van der Waals surface area contributed by atoms with E-state index in [9.17, 15) is 22.8 Å². The number of carbonyl (C=O) groups excluding carboxylic acids is 2. The summed E-state index contributed by atoms with van der Waals surface area (Å²) in [4.78, 5) is 31.8. The number of methoxy groups -OCH3 is 1. The monoisotopic (exact) mass is 679 g/mol. The molecule has 1 saturated heterocycles. The number of anilines is 1. The summed E-state index contributed by atoms with van der Waals surface area (Å²) in [7, 11) is 4.62. The van der Waals surface area contributed by atoms with Gasteiger partial charge in [-0.05, 0) is 66.6 Å². The molecular formula is C33H34Cl2F3N3O5. The van der Waals surface area contributed by atoms with Crippen LogP contribution in [0, 0.1) is 5.82 Å². The highest BCUT2D eigenvalue weighted by molar-refractivity contribution is 6.42. The first-order valence-corrected chi connectivity index (χ1v) is 15.5. The zero-order valence-corrected chi connectivity index (χ0v) is 27.1. The van der Waals surface area contributed by atoms with Gasteiger partial charge in [0.25, 0.3) is 0 Å². The van der Waals surface area contributed by atoms with Gasteiger partial charge in [-0.15, -0.1) is 0 Å². The predicted octanol–water partition coefficient (Wildman–Crippen LogP) is 7.45. The Morgan fingerprint density at radius 3 is 2.46 bits per heavy atom. The van der Waals surface area contributed by atoms with E-state index in [0.717, 1.165) is 0 Å². The molecule has 2 amide bonds. The van der Waals surface area contributed by atoms with E-state index < -0.39 is 30.0 Å². The van der Waals surface area contributed by atoms with Gasteiger partial charge in [-0.1, -0.05) is 35.3 Å². The molecule has 0 saturated carbocycles. The lowest BCUT2D eigenvalue weighted by atomic mass is 9.81. The molecule has 2 aliphatic heterocycles. The Labute approximate surface area is 275 Å². The molecule has 246 valence electrons. The summed E-state index contributed by atoms with van der Waals surface area (Å²) < 4.78 is 55.4. The van der Waals surface area contributed by atoms with Crippen molar-refractivity contribution in [2.24, 2.45) is 0 Å². The van der Waals surface area contributed by atoms with Gasteiger partial charge in [0.05, 0.1) is 28.8 Å². The van der Waals surface area contributed by atoms with Crippen LogP contribution in [-0.4, -0.2) is 69.3 Å². The second kappa shape index (κ2) is 14.0. The molecule has 3 aromatic rings. The number of hydrogen-bond acceptors (Lipinski definition) is 6. The number of likely N-dealkylation sites (tertiary alicyclic amines) is 1. The topological polar surface area (TPSA) is 71.6 Å². The van der Waals surface area contributed by atoms with E-state index in [0.29, 0.717) is 71.3 Å². The molecule has 46 heavy (non-hydrogen) atoms. The standard InChI is InChI=1S/C33H34Cl2F3N3O5/c1-39(19-20-4-9-28(45-31(37)38)29(16-20)44-3)30(42)23(21-5-7-25(34)26(35)17-21)10-13-41-14-11-33(12-15-41)24-18-22(36)6-8-27(24)40(2)32(43)46-33/h4-9,16-18,23,31H,10-15,19H2,1-3H3. The van der Waals surface area contributed by atoms with Gasteiger partial charge in [-0.2, -0.15) is 8.78 Å². The zero-order chi connectivity index (χ0) is 33.2. The molecule has 0 aliphatic carbocycles. The molecule has 5 rings (SSSR count). The zero-order valence-electron chi connectivity index (χ0n) is 25.6. The highest BCUT2D eigenvalue weighted by Gasteiger charge is 2.46. The number of hydrogen-bond donors (Lipinski definition) is 0. The van der Waals surface area contributed by atoms with Crippen molar-refractivity contribution < 1.29 is 37.0 Å². The minimum absolute atomic E-state index is 0.101. The van der Waals surface area contributed by atoms with E-state index in [2.05, 4.69) is 9.64 Å². The van der Waals surface area contributed by atoms with Crippen molar-refractivity contribution in [1.29, 1.82) is 0 Å². The first-order chi connectivity index (χ1) is 21.9. The largest absolute Gasteiger partial charge is 0.493 e. The Hall–Kier alpha value is -3.67. The van der Waals surface area contributed by atoms with Crippen LogP contribution in [0.15, 0.2) is 54.6 Å². The highest BCUT2D eigenvalue weighted by atomic mass is 35.5. The fourth-order valence-corrected chi connectivity index (χ4v) is 6.47. The van der Waals surface area contributed by atoms with Gasteiger partial charge in [-0.3, -0.25) is 9.69 Å². The molecule has 2 heterocycles. The molecule has 2 aliphatic rings. The third kappa shape index (κ3) is 7.16. The Morgan fingerprint density at radius 1 is 1.04 bits per heavy atom. The van der Waals surface area contributed by atoms with E-state index in [4.69, 9.17) is 32.7 Å². The number of carbonyl (C=O) groups is 2. The number of fused-ring (bicyclic) bond motifs is 2. The molecule has 0 radical (unpaired) electrons. The van der Waals surface area contributed by atoms with Gasteiger partial charge in [-0.25, -0.2) is 9.18 Å². The molecule has 0 N–H and O–H groups in total. The van der Waals surface area contributed by atoms with Crippen LogP contribution >= 0.6 is 23.2 Å². The molecule has 1 unspecified atom stereocenters. The Balaban J connectivity index is 1.30. The third-order valence-electron chi connectivity index (χ3n) is 8.65. The summed E-state index contributed by atoms with van der Waals surface area (Å²) in [6, 6.07) is 14.0. The quantitative estimate of drug-likeness (QED) is 0.222. The first kappa shape index (κ1) is 33.7. The van der Waals surface area contributed by atoms with Crippen LogP contribution in [0.4, 0.5) is 23.7 Å². The average Bonchev–Trinajstić information content (AvgIpc) is 3.03. The summed E-state index contributed by atoms with van der Waals surface area (Å²) >= 11 is 12.5. The maximum atomic E-state index is 14.3. The molecule has 8 nitrogen and oxygen atoms in total. The minimum atomic E-state index is -3.00. The maximum Gasteiger partial charge on any atom is 0.414 e. The van der Waals surface area contributed by atoms with Crippen LogP contribution < -0.4 is 14.4 Å². The van der Waals surface area contributed by atoms with Crippen molar-refractivity contribution in [2.45, 2.75) is 43.9 Å². The van der Waals surface area contributed by atoms with Crippen molar-refractivity contribution in [2.75, 3.05) is 45.7 Å². The number of piperidine rings is 1. The minimum Gasteiger partial charge on any atom is -0.493 e. The predicted molar refractivity (Wildman–Crippen MR) is 169 cm³/mol. The average molecular weight is 681 g/mol. The van der Waals surface area contributed by atoms with E-state index in [-0.39, 0.29) is 24.0 Å². The van der Waals surface area contributed by atoms with Crippen LogP contribution in [0.25, 0.3) is 0 Å². The number of amides is 2. The van der Waals surface area contributed by atoms with Crippen molar-refractivity contribution in [3.05, 3.63) is 87.2 Å². The van der Waals surface area contributed by atoms with Gasteiger partial charge in [0, 0.05) is 52.1 Å². The van der Waals surface area contributed by atoms with Crippen LogP contribution in [-0.2, 0) is 21.7 Å². The highest BCUT2D eigenvalue weighted by Crippen LogP contribution is 2.45. The van der Waals surface area contributed by atoms with E-state index in [1.165, 1.54) is 30.2 Å². The molecule has 1 atom stereocenters. The van der Waals surface area contributed by atoms with E-state index in [1.54, 1.807) is 55.4 Å². The van der Waals surface area contributed by atoms with Gasteiger partial charge >= 0.3 is 12.7 Å². The molecule has 13 heteroatoms.